The lowest BCUT2D eigenvalue weighted by molar-refractivity contribution is -0.0113. The summed E-state index contributed by atoms with van der Waals surface area (Å²) in [6.45, 7) is 2.86. The van der Waals surface area contributed by atoms with Gasteiger partial charge in [0.05, 0.1) is 25.9 Å². The van der Waals surface area contributed by atoms with Crippen molar-refractivity contribution in [1.29, 1.82) is 0 Å². The molecule has 2 N–H and O–H groups in total. The van der Waals surface area contributed by atoms with Crippen LogP contribution in [0.3, 0.4) is 0 Å². The first-order valence-corrected chi connectivity index (χ1v) is 7.22. The van der Waals surface area contributed by atoms with Crippen molar-refractivity contribution in [2.45, 2.75) is 44.8 Å². The summed E-state index contributed by atoms with van der Waals surface area (Å²) in [6.07, 6.45) is 5.45. The summed E-state index contributed by atoms with van der Waals surface area (Å²) in [5, 5.41) is 0. The van der Waals surface area contributed by atoms with Crippen molar-refractivity contribution in [2.24, 2.45) is 11.7 Å². The number of ether oxygens (including phenoxy) is 2. The number of methoxy groups -OCH3 is 1. The Labute approximate surface area is 116 Å². The summed E-state index contributed by atoms with van der Waals surface area (Å²) >= 11 is 0. The van der Waals surface area contributed by atoms with Crippen LogP contribution in [0.25, 0.3) is 0 Å². The molecule has 2 rings (SSSR count). The molecule has 0 radical (unpaired) electrons. The molecule has 3 unspecified atom stereocenters. The highest BCUT2D eigenvalue weighted by molar-refractivity contribution is 5.30. The van der Waals surface area contributed by atoms with Gasteiger partial charge in [0.2, 0.25) is 0 Å². The highest BCUT2D eigenvalue weighted by atomic mass is 16.5. The fourth-order valence-corrected chi connectivity index (χ4v) is 2.73. The Hall–Kier alpha value is -1.06. The van der Waals surface area contributed by atoms with Gasteiger partial charge in [-0.15, -0.1) is 0 Å². The molecule has 1 aliphatic rings. The molecule has 19 heavy (non-hydrogen) atoms. The van der Waals surface area contributed by atoms with Crippen LogP contribution in [0.15, 0.2) is 24.3 Å². The van der Waals surface area contributed by atoms with Crippen molar-refractivity contribution < 1.29 is 9.47 Å². The van der Waals surface area contributed by atoms with Gasteiger partial charge in [0.25, 0.3) is 0 Å². The standard InChI is InChI=1S/C16H25NO2/c1-12-6-3-4-9-16(12)19-11-15(17)13-7-5-8-14(10-13)18-2/h5,7-8,10,12,15-16H,3-4,6,9,11,17H2,1-2H3. The lowest BCUT2D eigenvalue weighted by atomic mass is 9.88. The molecule has 1 aromatic carbocycles. The molecular formula is C16H25NO2. The maximum Gasteiger partial charge on any atom is 0.119 e. The average Bonchev–Trinajstić information content (AvgIpc) is 2.46. The molecule has 106 valence electrons. The second kappa shape index (κ2) is 6.92. The summed E-state index contributed by atoms with van der Waals surface area (Å²) in [7, 11) is 1.67. The van der Waals surface area contributed by atoms with Gasteiger partial charge >= 0.3 is 0 Å². The van der Waals surface area contributed by atoms with Crippen LogP contribution in [0, 0.1) is 5.92 Å². The molecule has 0 amide bonds. The monoisotopic (exact) mass is 263 g/mol. The van der Waals surface area contributed by atoms with E-state index in [1.807, 2.05) is 24.3 Å². The van der Waals surface area contributed by atoms with E-state index in [1.165, 1.54) is 25.7 Å². The van der Waals surface area contributed by atoms with E-state index >= 15 is 0 Å². The fourth-order valence-electron chi connectivity index (χ4n) is 2.73. The van der Waals surface area contributed by atoms with E-state index in [0.29, 0.717) is 18.6 Å². The third-order valence-electron chi connectivity index (χ3n) is 4.04. The number of hydrogen-bond acceptors (Lipinski definition) is 3. The number of hydrogen-bond donors (Lipinski definition) is 1. The molecule has 1 aliphatic carbocycles. The summed E-state index contributed by atoms with van der Waals surface area (Å²) in [5.74, 6) is 1.50. The summed E-state index contributed by atoms with van der Waals surface area (Å²) in [6, 6.07) is 7.83. The smallest absolute Gasteiger partial charge is 0.119 e. The van der Waals surface area contributed by atoms with Crippen LogP contribution in [-0.2, 0) is 4.74 Å². The summed E-state index contributed by atoms with van der Waals surface area (Å²) < 4.78 is 11.2. The zero-order valence-electron chi connectivity index (χ0n) is 12.0. The van der Waals surface area contributed by atoms with Gasteiger partial charge in [-0.1, -0.05) is 31.9 Å². The number of nitrogens with two attached hydrogens (primary N) is 1. The number of rotatable bonds is 5. The molecule has 1 saturated carbocycles. The van der Waals surface area contributed by atoms with Crippen LogP contribution < -0.4 is 10.5 Å². The minimum absolute atomic E-state index is 0.0794. The van der Waals surface area contributed by atoms with E-state index < -0.39 is 0 Å². The van der Waals surface area contributed by atoms with Crippen LogP contribution in [0.4, 0.5) is 0 Å². The van der Waals surface area contributed by atoms with Crippen LogP contribution in [-0.4, -0.2) is 19.8 Å². The topological polar surface area (TPSA) is 44.5 Å². The highest BCUT2D eigenvalue weighted by Gasteiger charge is 2.22. The van der Waals surface area contributed by atoms with Gasteiger partial charge in [-0.25, -0.2) is 0 Å². The molecule has 1 fully saturated rings. The Morgan fingerprint density at radius 2 is 2.11 bits per heavy atom. The normalized spacial score (nSPS) is 25.0. The molecular weight excluding hydrogens is 238 g/mol. The molecule has 1 aromatic rings. The first kappa shape index (κ1) is 14.4. The lowest BCUT2D eigenvalue weighted by Crippen LogP contribution is -2.29. The molecule has 0 heterocycles. The van der Waals surface area contributed by atoms with Crippen molar-refractivity contribution in [1.82, 2.24) is 0 Å². The minimum Gasteiger partial charge on any atom is -0.497 e. The fraction of sp³-hybridized carbons (Fsp3) is 0.625. The van der Waals surface area contributed by atoms with Crippen molar-refractivity contribution in [3.63, 3.8) is 0 Å². The van der Waals surface area contributed by atoms with E-state index in [4.69, 9.17) is 15.2 Å². The lowest BCUT2D eigenvalue weighted by Gasteiger charge is -2.29. The predicted octanol–water partition coefficient (Wildman–Crippen LogP) is 3.29. The van der Waals surface area contributed by atoms with Crippen LogP contribution in [0.1, 0.15) is 44.2 Å². The Bertz CT molecular complexity index is 394. The Kier molecular flexibility index (Phi) is 5.23. The van der Waals surface area contributed by atoms with Gasteiger partial charge in [0, 0.05) is 0 Å². The second-order valence-corrected chi connectivity index (χ2v) is 5.52. The second-order valence-electron chi connectivity index (χ2n) is 5.52. The van der Waals surface area contributed by atoms with E-state index in [0.717, 1.165) is 11.3 Å². The zero-order chi connectivity index (χ0) is 13.7. The average molecular weight is 263 g/mol. The van der Waals surface area contributed by atoms with E-state index in [1.54, 1.807) is 7.11 Å². The molecule has 0 saturated heterocycles. The molecule has 3 heteroatoms. The van der Waals surface area contributed by atoms with Crippen LogP contribution in [0.5, 0.6) is 5.75 Å². The molecule has 0 aliphatic heterocycles. The zero-order valence-corrected chi connectivity index (χ0v) is 12.0. The molecule has 0 spiro atoms. The van der Waals surface area contributed by atoms with Crippen LogP contribution >= 0.6 is 0 Å². The van der Waals surface area contributed by atoms with Gasteiger partial charge in [0.15, 0.2) is 0 Å². The van der Waals surface area contributed by atoms with Crippen molar-refractivity contribution in [2.75, 3.05) is 13.7 Å². The maximum atomic E-state index is 6.20. The first-order valence-electron chi connectivity index (χ1n) is 7.22. The van der Waals surface area contributed by atoms with Gasteiger partial charge in [-0.3, -0.25) is 0 Å². The first-order chi connectivity index (χ1) is 9.20. The quantitative estimate of drug-likeness (QED) is 0.886. The van der Waals surface area contributed by atoms with Crippen molar-refractivity contribution >= 4 is 0 Å². The Morgan fingerprint density at radius 3 is 2.84 bits per heavy atom. The third-order valence-corrected chi connectivity index (χ3v) is 4.04. The van der Waals surface area contributed by atoms with E-state index in [2.05, 4.69) is 6.92 Å². The number of benzene rings is 1. The third kappa shape index (κ3) is 3.95. The predicted molar refractivity (Wildman–Crippen MR) is 77.3 cm³/mol. The highest BCUT2D eigenvalue weighted by Crippen LogP contribution is 2.27. The van der Waals surface area contributed by atoms with E-state index in [-0.39, 0.29) is 6.04 Å². The summed E-state index contributed by atoms with van der Waals surface area (Å²) in [4.78, 5) is 0. The SMILES string of the molecule is COc1cccc(C(N)COC2CCCCC2C)c1. The Morgan fingerprint density at radius 1 is 1.32 bits per heavy atom. The van der Waals surface area contributed by atoms with Crippen molar-refractivity contribution in [3.05, 3.63) is 29.8 Å². The van der Waals surface area contributed by atoms with Crippen LogP contribution in [0.2, 0.25) is 0 Å². The summed E-state index contributed by atoms with van der Waals surface area (Å²) in [5.41, 5.74) is 7.27. The van der Waals surface area contributed by atoms with Crippen molar-refractivity contribution in [3.8, 4) is 5.75 Å². The van der Waals surface area contributed by atoms with E-state index in [9.17, 15) is 0 Å². The largest absolute Gasteiger partial charge is 0.497 e. The van der Waals surface area contributed by atoms with Gasteiger partial charge < -0.3 is 15.2 Å². The molecule has 0 bridgehead atoms. The molecule has 3 atom stereocenters. The Balaban J connectivity index is 1.87. The molecule has 3 nitrogen and oxygen atoms in total. The van der Waals surface area contributed by atoms with Gasteiger partial charge in [0.1, 0.15) is 5.75 Å². The molecule has 0 aromatic heterocycles. The van der Waals surface area contributed by atoms with Gasteiger partial charge in [-0.2, -0.15) is 0 Å². The van der Waals surface area contributed by atoms with Gasteiger partial charge in [-0.05, 0) is 36.5 Å². The minimum atomic E-state index is -0.0794. The maximum absolute atomic E-state index is 6.20.